The van der Waals surface area contributed by atoms with Gasteiger partial charge >= 0.3 is 0 Å². The first-order valence-corrected chi connectivity index (χ1v) is 6.91. The predicted molar refractivity (Wildman–Crippen MR) is 80.1 cm³/mol. The molecule has 2 N–H and O–H groups in total. The molecule has 0 radical (unpaired) electrons. The zero-order chi connectivity index (χ0) is 14.7. The number of hydrogen-bond acceptors (Lipinski definition) is 6. The molecule has 0 saturated heterocycles. The van der Waals surface area contributed by atoms with Crippen molar-refractivity contribution in [2.75, 3.05) is 24.8 Å². The lowest BCUT2D eigenvalue weighted by molar-refractivity contribution is 0.102. The van der Waals surface area contributed by atoms with Crippen molar-refractivity contribution >= 4 is 39.7 Å². The third kappa shape index (κ3) is 3.00. The van der Waals surface area contributed by atoms with E-state index in [4.69, 9.17) is 16.3 Å². The lowest BCUT2D eigenvalue weighted by Crippen LogP contribution is -2.12. The summed E-state index contributed by atoms with van der Waals surface area (Å²) in [6.07, 6.45) is 0. The first kappa shape index (κ1) is 14.5. The number of hydrogen-bond donors (Lipinski definition) is 2. The minimum atomic E-state index is -0.343. The molecule has 0 aliphatic heterocycles. The summed E-state index contributed by atoms with van der Waals surface area (Å²) in [5, 5.41) is 14.6. The standard InChI is InChI=1S/C12H13ClN4O2S/c1-6-4-8(9(19-3)5-7(6)13)15-10(18)11-16-17-12(14-2)20-11/h4-5H,1-3H3,(H,14,17)(H,15,18). The number of carbonyl (C=O) groups is 1. The van der Waals surface area contributed by atoms with Crippen molar-refractivity contribution < 1.29 is 9.53 Å². The van der Waals surface area contributed by atoms with Crippen LogP contribution in [0.3, 0.4) is 0 Å². The van der Waals surface area contributed by atoms with Gasteiger partial charge in [-0.1, -0.05) is 22.9 Å². The van der Waals surface area contributed by atoms with E-state index >= 15 is 0 Å². The summed E-state index contributed by atoms with van der Waals surface area (Å²) >= 11 is 7.19. The number of anilines is 2. The highest BCUT2D eigenvalue weighted by Crippen LogP contribution is 2.31. The van der Waals surface area contributed by atoms with Crippen molar-refractivity contribution in [1.29, 1.82) is 0 Å². The Bertz CT molecular complexity index is 644. The third-order valence-electron chi connectivity index (χ3n) is 2.56. The number of halogens is 1. The van der Waals surface area contributed by atoms with Gasteiger partial charge in [-0.25, -0.2) is 0 Å². The van der Waals surface area contributed by atoms with Gasteiger partial charge in [-0.05, 0) is 18.6 Å². The number of ether oxygens (including phenoxy) is 1. The summed E-state index contributed by atoms with van der Waals surface area (Å²) in [6.45, 7) is 1.85. The molecule has 2 rings (SSSR count). The van der Waals surface area contributed by atoms with Crippen LogP contribution in [0, 0.1) is 6.92 Å². The Balaban J connectivity index is 2.25. The third-order valence-corrected chi connectivity index (χ3v) is 3.91. The Hall–Kier alpha value is -1.86. The van der Waals surface area contributed by atoms with E-state index in [0.717, 1.165) is 5.56 Å². The topological polar surface area (TPSA) is 76.1 Å². The van der Waals surface area contributed by atoms with Crippen molar-refractivity contribution in [3.8, 4) is 5.75 Å². The van der Waals surface area contributed by atoms with Gasteiger partial charge in [-0.15, -0.1) is 10.2 Å². The minimum absolute atomic E-state index is 0.268. The molecule has 1 heterocycles. The molecule has 0 unspecified atom stereocenters. The first-order valence-electron chi connectivity index (χ1n) is 5.72. The number of benzene rings is 1. The average Bonchev–Trinajstić information content (AvgIpc) is 2.91. The van der Waals surface area contributed by atoms with Gasteiger partial charge in [-0.2, -0.15) is 0 Å². The molecule has 0 aliphatic rings. The van der Waals surface area contributed by atoms with Gasteiger partial charge in [0.2, 0.25) is 10.1 Å². The van der Waals surface area contributed by atoms with Crippen molar-refractivity contribution in [3.63, 3.8) is 0 Å². The maximum atomic E-state index is 12.1. The summed E-state index contributed by atoms with van der Waals surface area (Å²) in [4.78, 5) is 12.1. The van der Waals surface area contributed by atoms with Gasteiger partial charge in [0.15, 0.2) is 0 Å². The van der Waals surface area contributed by atoms with Crippen LogP contribution < -0.4 is 15.4 Å². The Morgan fingerprint density at radius 3 is 2.75 bits per heavy atom. The molecule has 0 atom stereocenters. The SMILES string of the molecule is CNc1nnc(C(=O)Nc2cc(C)c(Cl)cc2OC)s1. The number of nitrogens with zero attached hydrogens (tertiary/aromatic N) is 2. The molecule has 0 spiro atoms. The summed E-state index contributed by atoms with van der Waals surface area (Å²) in [6, 6.07) is 3.41. The first-order chi connectivity index (χ1) is 9.55. The molecule has 8 heteroatoms. The van der Waals surface area contributed by atoms with Crippen molar-refractivity contribution in [1.82, 2.24) is 10.2 Å². The van der Waals surface area contributed by atoms with Gasteiger partial charge in [0, 0.05) is 18.1 Å². The molecule has 6 nitrogen and oxygen atoms in total. The molecule has 0 bridgehead atoms. The van der Waals surface area contributed by atoms with Crippen LogP contribution in [0.25, 0.3) is 0 Å². The van der Waals surface area contributed by atoms with E-state index in [1.165, 1.54) is 18.4 Å². The van der Waals surface area contributed by atoms with Crippen LogP contribution in [-0.2, 0) is 0 Å². The van der Waals surface area contributed by atoms with Gasteiger partial charge in [0.05, 0.1) is 12.8 Å². The van der Waals surface area contributed by atoms with Crippen LogP contribution in [0.5, 0.6) is 5.75 Å². The van der Waals surface area contributed by atoms with Crippen molar-refractivity contribution in [2.45, 2.75) is 6.92 Å². The smallest absolute Gasteiger partial charge is 0.286 e. The van der Waals surface area contributed by atoms with E-state index in [2.05, 4.69) is 20.8 Å². The lowest BCUT2D eigenvalue weighted by Gasteiger charge is -2.11. The highest BCUT2D eigenvalue weighted by atomic mass is 35.5. The summed E-state index contributed by atoms with van der Waals surface area (Å²) in [7, 11) is 3.23. The number of rotatable bonds is 4. The second-order valence-corrected chi connectivity index (χ2v) is 5.30. The number of nitrogens with one attached hydrogen (secondary N) is 2. The van der Waals surface area contributed by atoms with Crippen molar-refractivity contribution in [3.05, 3.63) is 27.7 Å². The van der Waals surface area contributed by atoms with Crippen LogP contribution in [0.4, 0.5) is 10.8 Å². The quantitative estimate of drug-likeness (QED) is 0.908. The Morgan fingerprint density at radius 2 is 2.15 bits per heavy atom. The highest BCUT2D eigenvalue weighted by Gasteiger charge is 2.15. The fourth-order valence-electron chi connectivity index (χ4n) is 1.52. The molecule has 1 aromatic heterocycles. The molecule has 20 heavy (non-hydrogen) atoms. The molecular formula is C12H13ClN4O2S. The van der Waals surface area contributed by atoms with Gasteiger partial charge in [-0.3, -0.25) is 4.79 Å². The van der Waals surface area contributed by atoms with E-state index < -0.39 is 0 Å². The molecule has 1 aromatic carbocycles. The number of methoxy groups -OCH3 is 1. The van der Waals surface area contributed by atoms with E-state index in [1.54, 1.807) is 19.2 Å². The number of aromatic nitrogens is 2. The summed E-state index contributed by atoms with van der Waals surface area (Å²) < 4.78 is 5.20. The van der Waals surface area contributed by atoms with E-state index in [-0.39, 0.29) is 10.9 Å². The van der Waals surface area contributed by atoms with Gasteiger partial charge in [0.1, 0.15) is 5.75 Å². The molecule has 2 aromatic rings. The van der Waals surface area contributed by atoms with Crippen LogP contribution in [0.15, 0.2) is 12.1 Å². The Labute approximate surface area is 125 Å². The number of aryl methyl sites for hydroxylation is 1. The number of amides is 1. The fourth-order valence-corrected chi connectivity index (χ4v) is 2.27. The Kier molecular flexibility index (Phi) is 4.41. The fraction of sp³-hybridized carbons (Fsp3) is 0.250. The van der Waals surface area contributed by atoms with Crippen LogP contribution in [0.2, 0.25) is 5.02 Å². The largest absolute Gasteiger partial charge is 0.495 e. The van der Waals surface area contributed by atoms with Crippen molar-refractivity contribution in [2.24, 2.45) is 0 Å². The molecule has 0 aliphatic carbocycles. The zero-order valence-electron chi connectivity index (χ0n) is 11.2. The maximum Gasteiger partial charge on any atom is 0.286 e. The van der Waals surface area contributed by atoms with Crippen LogP contribution in [0.1, 0.15) is 15.4 Å². The molecule has 1 amide bonds. The molecule has 106 valence electrons. The lowest BCUT2D eigenvalue weighted by atomic mass is 10.2. The predicted octanol–water partition coefficient (Wildman–Crippen LogP) is 2.80. The van der Waals surface area contributed by atoms with E-state index in [0.29, 0.717) is 21.6 Å². The molecule has 0 saturated carbocycles. The van der Waals surface area contributed by atoms with Crippen LogP contribution in [-0.4, -0.2) is 30.3 Å². The highest BCUT2D eigenvalue weighted by molar-refractivity contribution is 7.17. The normalized spacial score (nSPS) is 10.2. The van der Waals surface area contributed by atoms with Crippen LogP contribution >= 0.6 is 22.9 Å². The minimum Gasteiger partial charge on any atom is -0.495 e. The summed E-state index contributed by atoms with van der Waals surface area (Å²) in [5.41, 5.74) is 1.39. The zero-order valence-corrected chi connectivity index (χ0v) is 12.7. The van der Waals surface area contributed by atoms with E-state index in [9.17, 15) is 4.79 Å². The second kappa shape index (κ2) is 6.06. The van der Waals surface area contributed by atoms with Gasteiger partial charge < -0.3 is 15.4 Å². The molecular weight excluding hydrogens is 300 g/mol. The Morgan fingerprint density at radius 1 is 1.40 bits per heavy atom. The summed E-state index contributed by atoms with van der Waals surface area (Å²) in [5.74, 6) is 0.149. The molecule has 0 fully saturated rings. The average molecular weight is 313 g/mol. The van der Waals surface area contributed by atoms with Gasteiger partial charge in [0.25, 0.3) is 5.91 Å². The van der Waals surface area contributed by atoms with E-state index in [1.807, 2.05) is 6.92 Å². The monoisotopic (exact) mass is 312 g/mol. The number of carbonyl (C=O) groups excluding carboxylic acids is 1. The second-order valence-electron chi connectivity index (χ2n) is 3.92. The maximum absolute atomic E-state index is 12.1.